The lowest BCUT2D eigenvalue weighted by molar-refractivity contribution is -0.191. The fourth-order valence-corrected chi connectivity index (χ4v) is 3.93. The highest BCUT2D eigenvalue weighted by atomic mass is 16.5. The second-order valence-corrected chi connectivity index (χ2v) is 7.57. The van der Waals surface area contributed by atoms with E-state index in [2.05, 4.69) is 25.8 Å². The quantitative estimate of drug-likeness (QED) is 0.882. The molecule has 0 spiro atoms. The molecule has 5 heteroatoms. The molecule has 1 aliphatic carbocycles. The van der Waals surface area contributed by atoms with Crippen molar-refractivity contribution in [3.05, 3.63) is 30.0 Å². The van der Waals surface area contributed by atoms with Crippen LogP contribution in [0.5, 0.6) is 5.75 Å². The van der Waals surface area contributed by atoms with Crippen molar-refractivity contribution in [1.29, 1.82) is 0 Å². The minimum absolute atomic E-state index is 0.250. The van der Waals surface area contributed by atoms with Crippen LogP contribution in [0.1, 0.15) is 45.7 Å². The number of fused-ring (bicyclic) bond motifs is 1. The van der Waals surface area contributed by atoms with Gasteiger partial charge in [-0.2, -0.15) is 9.59 Å². The lowest BCUT2D eigenvalue weighted by Gasteiger charge is -2.37. The molecule has 1 aromatic heterocycles. The summed E-state index contributed by atoms with van der Waals surface area (Å²) in [5.74, 6) is 2.86. The van der Waals surface area contributed by atoms with Gasteiger partial charge in [-0.05, 0) is 55.7 Å². The number of hydrogen-bond donors (Lipinski definition) is 1. The van der Waals surface area contributed by atoms with Gasteiger partial charge in [-0.15, -0.1) is 0 Å². The number of nitrogens with zero attached hydrogens (tertiary/aromatic N) is 1. The molecular formula is C21H28N2O3. The molecule has 2 aromatic rings. The van der Waals surface area contributed by atoms with E-state index < -0.39 is 0 Å². The van der Waals surface area contributed by atoms with Gasteiger partial charge in [0.05, 0.1) is 10.9 Å². The van der Waals surface area contributed by atoms with Gasteiger partial charge in [0.2, 0.25) is 0 Å². The van der Waals surface area contributed by atoms with E-state index in [0.29, 0.717) is 11.8 Å². The Balaban J connectivity index is 0.000000758. The largest absolute Gasteiger partial charge is 0.489 e. The van der Waals surface area contributed by atoms with Gasteiger partial charge in [-0.25, -0.2) is 0 Å². The molecule has 1 aromatic carbocycles. The van der Waals surface area contributed by atoms with E-state index in [1.165, 1.54) is 12.8 Å². The molecule has 0 amide bonds. The molecule has 0 aliphatic heterocycles. The molecule has 3 atom stereocenters. The van der Waals surface area contributed by atoms with Crippen LogP contribution in [0.4, 0.5) is 5.69 Å². The first-order valence-electron chi connectivity index (χ1n) is 9.19. The molecule has 3 rings (SSSR count). The standard InChI is InChI=1S/C20H28N2O.CO2/c1-12(2)15-9-8-13(3)10-19(15)23-18-7-5-6-17-20(18)16(21)11-14(4)22-17;2-1-3/h5-7,11-13,15,19H,8-10H2,1-4H3,(H2,21,22);/t13-,15+,19-;/m1./s1. The summed E-state index contributed by atoms with van der Waals surface area (Å²) in [5, 5.41) is 0.957. The Bertz CT molecular complexity index is 782. The van der Waals surface area contributed by atoms with E-state index in [1.54, 1.807) is 0 Å². The monoisotopic (exact) mass is 356 g/mol. The van der Waals surface area contributed by atoms with Crippen molar-refractivity contribution in [1.82, 2.24) is 4.98 Å². The van der Waals surface area contributed by atoms with Gasteiger partial charge in [0.15, 0.2) is 0 Å². The third kappa shape index (κ3) is 4.61. The Labute approximate surface area is 154 Å². The van der Waals surface area contributed by atoms with E-state index >= 15 is 0 Å². The molecule has 1 aliphatic rings. The van der Waals surface area contributed by atoms with Crippen molar-refractivity contribution < 1.29 is 14.3 Å². The van der Waals surface area contributed by atoms with Crippen LogP contribution in [-0.4, -0.2) is 17.2 Å². The number of nitrogen functional groups attached to an aromatic ring is 1. The number of pyridine rings is 1. The van der Waals surface area contributed by atoms with Gasteiger partial charge in [0.25, 0.3) is 0 Å². The summed E-state index contributed by atoms with van der Waals surface area (Å²) in [5.41, 5.74) is 8.89. The van der Waals surface area contributed by atoms with E-state index in [9.17, 15) is 0 Å². The molecule has 1 heterocycles. The van der Waals surface area contributed by atoms with Gasteiger partial charge >= 0.3 is 6.15 Å². The number of benzene rings is 1. The first-order chi connectivity index (χ1) is 12.4. The van der Waals surface area contributed by atoms with Gasteiger partial charge in [-0.1, -0.05) is 33.3 Å². The number of aryl methyl sites for hydroxylation is 1. The highest BCUT2D eigenvalue weighted by molar-refractivity contribution is 5.95. The zero-order chi connectivity index (χ0) is 19.3. The summed E-state index contributed by atoms with van der Waals surface area (Å²) in [7, 11) is 0. The van der Waals surface area contributed by atoms with Gasteiger partial charge in [0.1, 0.15) is 11.9 Å². The van der Waals surface area contributed by atoms with Crippen molar-refractivity contribution in [3.8, 4) is 5.75 Å². The first-order valence-corrected chi connectivity index (χ1v) is 9.19. The third-order valence-electron chi connectivity index (χ3n) is 5.19. The summed E-state index contributed by atoms with van der Waals surface area (Å²) in [4.78, 5) is 20.8. The van der Waals surface area contributed by atoms with Crippen LogP contribution in [0, 0.1) is 24.7 Å². The van der Waals surface area contributed by atoms with Crippen molar-refractivity contribution in [2.45, 2.75) is 53.1 Å². The normalized spacial score (nSPS) is 22.4. The number of rotatable bonds is 3. The molecule has 5 nitrogen and oxygen atoms in total. The number of nitrogens with two attached hydrogens (primary N) is 1. The Morgan fingerprint density at radius 1 is 1.27 bits per heavy atom. The fraction of sp³-hybridized carbons (Fsp3) is 0.524. The molecule has 0 bridgehead atoms. The van der Waals surface area contributed by atoms with Crippen LogP contribution < -0.4 is 10.5 Å². The number of anilines is 1. The molecular weight excluding hydrogens is 328 g/mol. The summed E-state index contributed by atoms with van der Waals surface area (Å²) in [6.07, 6.45) is 4.20. The maximum atomic E-state index is 8.12. The second kappa shape index (κ2) is 8.81. The fourth-order valence-electron chi connectivity index (χ4n) is 3.93. The Morgan fingerprint density at radius 3 is 2.62 bits per heavy atom. The number of carbonyl (C=O) groups excluding carboxylic acids is 2. The number of aromatic nitrogens is 1. The smallest absolute Gasteiger partial charge is 0.373 e. The first kappa shape index (κ1) is 19.9. The van der Waals surface area contributed by atoms with Crippen LogP contribution in [0.25, 0.3) is 10.9 Å². The van der Waals surface area contributed by atoms with Gasteiger partial charge in [0, 0.05) is 11.4 Å². The van der Waals surface area contributed by atoms with Crippen LogP contribution >= 0.6 is 0 Å². The van der Waals surface area contributed by atoms with E-state index in [0.717, 1.165) is 40.4 Å². The molecule has 1 fully saturated rings. The van der Waals surface area contributed by atoms with Gasteiger partial charge < -0.3 is 10.5 Å². The van der Waals surface area contributed by atoms with Crippen molar-refractivity contribution in [2.24, 2.45) is 17.8 Å². The topological polar surface area (TPSA) is 82.3 Å². The van der Waals surface area contributed by atoms with Crippen LogP contribution in [-0.2, 0) is 9.59 Å². The van der Waals surface area contributed by atoms with Crippen LogP contribution in [0.3, 0.4) is 0 Å². The van der Waals surface area contributed by atoms with Gasteiger partial charge in [-0.3, -0.25) is 4.98 Å². The Morgan fingerprint density at radius 2 is 1.96 bits per heavy atom. The lowest BCUT2D eigenvalue weighted by atomic mass is 9.75. The third-order valence-corrected chi connectivity index (χ3v) is 5.19. The molecule has 2 N–H and O–H groups in total. The predicted octanol–water partition coefficient (Wildman–Crippen LogP) is 4.38. The van der Waals surface area contributed by atoms with Crippen LogP contribution in [0.15, 0.2) is 24.3 Å². The zero-order valence-corrected chi connectivity index (χ0v) is 16.0. The Kier molecular flexibility index (Phi) is 6.76. The average molecular weight is 356 g/mol. The highest BCUT2D eigenvalue weighted by Gasteiger charge is 2.32. The highest BCUT2D eigenvalue weighted by Crippen LogP contribution is 2.38. The molecule has 26 heavy (non-hydrogen) atoms. The molecule has 0 saturated heterocycles. The minimum atomic E-state index is 0.250. The number of ether oxygens (including phenoxy) is 1. The molecule has 0 radical (unpaired) electrons. The summed E-state index contributed by atoms with van der Waals surface area (Å²) >= 11 is 0. The Hall–Kier alpha value is -2.39. The predicted molar refractivity (Wildman–Crippen MR) is 102 cm³/mol. The minimum Gasteiger partial charge on any atom is -0.489 e. The summed E-state index contributed by atoms with van der Waals surface area (Å²) in [6, 6.07) is 7.99. The lowest BCUT2D eigenvalue weighted by Crippen LogP contribution is -2.36. The molecule has 1 saturated carbocycles. The number of hydrogen-bond acceptors (Lipinski definition) is 5. The van der Waals surface area contributed by atoms with Crippen molar-refractivity contribution in [3.63, 3.8) is 0 Å². The zero-order valence-electron chi connectivity index (χ0n) is 16.0. The summed E-state index contributed by atoms with van der Waals surface area (Å²) < 4.78 is 6.51. The van der Waals surface area contributed by atoms with Crippen molar-refractivity contribution >= 4 is 22.7 Å². The van der Waals surface area contributed by atoms with Crippen molar-refractivity contribution in [2.75, 3.05) is 5.73 Å². The van der Waals surface area contributed by atoms with E-state index in [4.69, 9.17) is 20.1 Å². The van der Waals surface area contributed by atoms with E-state index in [1.807, 2.05) is 31.2 Å². The maximum Gasteiger partial charge on any atom is 0.373 e. The van der Waals surface area contributed by atoms with Crippen LogP contribution in [0.2, 0.25) is 0 Å². The second-order valence-electron chi connectivity index (χ2n) is 7.57. The maximum absolute atomic E-state index is 8.12. The summed E-state index contributed by atoms with van der Waals surface area (Å²) in [6.45, 7) is 8.91. The molecule has 140 valence electrons. The van der Waals surface area contributed by atoms with E-state index in [-0.39, 0.29) is 12.3 Å². The SMILES string of the molecule is Cc1cc(N)c2c(O[C@@H]3C[C@H](C)CC[C@H]3C(C)C)cccc2n1.O=C=O. The average Bonchev–Trinajstić information content (AvgIpc) is 2.55. The molecule has 0 unspecified atom stereocenters.